The molecule has 0 atom stereocenters. The molecule has 18 heavy (non-hydrogen) atoms. The van der Waals surface area contributed by atoms with Gasteiger partial charge in [-0.15, -0.1) is 0 Å². The number of benzene rings is 1. The molecule has 1 rings (SSSR count). The van der Waals surface area contributed by atoms with E-state index in [1.807, 2.05) is 0 Å². The Labute approximate surface area is 113 Å². The monoisotopic (exact) mass is 292 g/mol. The molecule has 0 heterocycles. The minimum atomic E-state index is -3.60. The third kappa shape index (κ3) is 3.35. The van der Waals surface area contributed by atoms with Crippen molar-refractivity contribution in [1.29, 1.82) is 0 Å². The standard InChI is InChI=1S/C11H17ClN2O3S/c1-3-14(6-7-17-2)18(15,16)11-5-4-9(12)8-10(11)13/h4-5,8H,3,6-7,13H2,1-2H3. The molecule has 0 saturated carbocycles. The summed E-state index contributed by atoms with van der Waals surface area (Å²) in [4.78, 5) is 0.0739. The number of methoxy groups -OCH3 is 1. The summed E-state index contributed by atoms with van der Waals surface area (Å²) in [6, 6.07) is 4.36. The summed E-state index contributed by atoms with van der Waals surface area (Å²) in [5, 5.41) is 0.409. The molecule has 0 radical (unpaired) electrons. The summed E-state index contributed by atoms with van der Waals surface area (Å²) < 4.78 is 30.9. The van der Waals surface area contributed by atoms with E-state index in [2.05, 4.69) is 0 Å². The number of nitrogens with two attached hydrogens (primary N) is 1. The van der Waals surface area contributed by atoms with Gasteiger partial charge in [-0.1, -0.05) is 18.5 Å². The summed E-state index contributed by atoms with van der Waals surface area (Å²) in [6.07, 6.45) is 0. The van der Waals surface area contributed by atoms with Crippen LogP contribution in [0, 0.1) is 0 Å². The van der Waals surface area contributed by atoms with Gasteiger partial charge in [0.2, 0.25) is 10.0 Å². The molecule has 0 aliphatic rings. The number of ether oxygens (including phenoxy) is 1. The second-order valence-corrected chi connectivity index (χ2v) is 6.01. The van der Waals surface area contributed by atoms with Crippen molar-refractivity contribution in [2.24, 2.45) is 0 Å². The van der Waals surface area contributed by atoms with Crippen molar-refractivity contribution in [3.63, 3.8) is 0 Å². The van der Waals surface area contributed by atoms with E-state index < -0.39 is 10.0 Å². The van der Waals surface area contributed by atoms with E-state index in [0.717, 1.165) is 0 Å². The Morgan fingerprint density at radius 3 is 2.61 bits per heavy atom. The van der Waals surface area contributed by atoms with Gasteiger partial charge >= 0.3 is 0 Å². The molecule has 0 aliphatic heterocycles. The first-order valence-corrected chi connectivity index (χ1v) is 7.29. The fourth-order valence-corrected chi connectivity index (χ4v) is 3.24. The summed E-state index contributed by atoms with van der Waals surface area (Å²) in [5.41, 5.74) is 5.86. The highest BCUT2D eigenvalue weighted by Gasteiger charge is 2.24. The molecule has 102 valence electrons. The van der Waals surface area contributed by atoms with E-state index in [0.29, 0.717) is 18.2 Å². The predicted molar refractivity (Wildman–Crippen MR) is 72.2 cm³/mol. The highest BCUT2D eigenvalue weighted by molar-refractivity contribution is 7.89. The van der Waals surface area contributed by atoms with Gasteiger partial charge in [0.1, 0.15) is 4.90 Å². The third-order valence-electron chi connectivity index (χ3n) is 2.49. The van der Waals surface area contributed by atoms with Crippen LogP contribution in [0.5, 0.6) is 0 Å². The topological polar surface area (TPSA) is 72.6 Å². The Morgan fingerprint density at radius 1 is 1.44 bits per heavy atom. The second-order valence-electron chi connectivity index (χ2n) is 3.67. The number of rotatable bonds is 6. The number of halogens is 1. The first-order chi connectivity index (χ1) is 8.43. The molecule has 1 aromatic carbocycles. The van der Waals surface area contributed by atoms with Crippen LogP contribution in [0.15, 0.2) is 23.1 Å². The smallest absolute Gasteiger partial charge is 0.245 e. The zero-order chi connectivity index (χ0) is 13.8. The first kappa shape index (κ1) is 15.2. The molecule has 0 aliphatic carbocycles. The van der Waals surface area contributed by atoms with E-state index in [1.165, 1.54) is 29.6 Å². The molecule has 2 N–H and O–H groups in total. The van der Waals surface area contributed by atoms with Gasteiger partial charge in [0.15, 0.2) is 0 Å². The van der Waals surface area contributed by atoms with Gasteiger partial charge in [0.05, 0.1) is 12.3 Å². The number of sulfonamides is 1. The van der Waals surface area contributed by atoms with Crippen LogP contribution >= 0.6 is 11.6 Å². The lowest BCUT2D eigenvalue weighted by Gasteiger charge is -2.21. The maximum atomic E-state index is 12.3. The summed E-state index contributed by atoms with van der Waals surface area (Å²) >= 11 is 5.76. The summed E-state index contributed by atoms with van der Waals surface area (Å²) in [6.45, 7) is 2.74. The maximum Gasteiger partial charge on any atom is 0.245 e. The molecule has 0 spiro atoms. The zero-order valence-corrected chi connectivity index (χ0v) is 12.0. The van der Waals surface area contributed by atoms with Gasteiger partial charge in [-0.2, -0.15) is 4.31 Å². The highest BCUT2D eigenvalue weighted by atomic mass is 35.5. The Bertz CT molecular complexity index is 505. The Morgan fingerprint density at radius 2 is 2.11 bits per heavy atom. The van der Waals surface area contributed by atoms with E-state index in [1.54, 1.807) is 6.92 Å². The lowest BCUT2D eigenvalue weighted by atomic mass is 10.3. The Hall–Kier alpha value is -0.820. The van der Waals surface area contributed by atoms with Gasteiger partial charge in [0.25, 0.3) is 0 Å². The summed E-state index contributed by atoms with van der Waals surface area (Å²) in [7, 11) is -2.08. The molecule has 1 aromatic rings. The quantitative estimate of drug-likeness (QED) is 0.808. The van der Waals surface area contributed by atoms with Crippen LogP contribution < -0.4 is 5.73 Å². The predicted octanol–water partition coefficient (Wildman–Crippen LogP) is 1.58. The van der Waals surface area contributed by atoms with Gasteiger partial charge in [-0.05, 0) is 18.2 Å². The van der Waals surface area contributed by atoms with Crippen LogP contribution in [0.25, 0.3) is 0 Å². The normalized spacial score (nSPS) is 12.0. The number of nitrogens with zero attached hydrogens (tertiary/aromatic N) is 1. The van der Waals surface area contributed by atoms with Crippen LogP contribution in [0.3, 0.4) is 0 Å². The number of hydrogen-bond acceptors (Lipinski definition) is 4. The maximum absolute atomic E-state index is 12.3. The van der Waals surface area contributed by atoms with Crippen molar-refractivity contribution in [2.45, 2.75) is 11.8 Å². The molecule has 0 aromatic heterocycles. The molecule has 0 saturated heterocycles. The average molecular weight is 293 g/mol. The SMILES string of the molecule is CCN(CCOC)S(=O)(=O)c1ccc(Cl)cc1N. The van der Waals surface area contributed by atoms with Crippen LogP contribution in [-0.2, 0) is 14.8 Å². The highest BCUT2D eigenvalue weighted by Crippen LogP contribution is 2.25. The molecule has 0 unspecified atom stereocenters. The van der Waals surface area contributed by atoms with Crippen molar-refractivity contribution in [3.8, 4) is 0 Å². The van der Waals surface area contributed by atoms with E-state index in [4.69, 9.17) is 22.1 Å². The molecular weight excluding hydrogens is 276 g/mol. The largest absolute Gasteiger partial charge is 0.398 e. The van der Waals surface area contributed by atoms with E-state index in [-0.39, 0.29) is 17.1 Å². The van der Waals surface area contributed by atoms with Crippen LogP contribution in [0.2, 0.25) is 5.02 Å². The van der Waals surface area contributed by atoms with Crippen molar-refractivity contribution in [1.82, 2.24) is 4.31 Å². The lowest BCUT2D eigenvalue weighted by molar-refractivity contribution is 0.180. The fourth-order valence-electron chi connectivity index (χ4n) is 1.53. The van der Waals surface area contributed by atoms with Crippen molar-refractivity contribution in [3.05, 3.63) is 23.2 Å². The molecule has 5 nitrogen and oxygen atoms in total. The number of anilines is 1. The van der Waals surface area contributed by atoms with Gasteiger partial charge in [-0.25, -0.2) is 8.42 Å². The van der Waals surface area contributed by atoms with Crippen molar-refractivity contribution in [2.75, 3.05) is 32.5 Å². The third-order valence-corrected chi connectivity index (χ3v) is 4.77. The lowest BCUT2D eigenvalue weighted by Crippen LogP contribution is -2.34. The molecular formula is C11H17ClN2O3S. The molecule has 0 bridgehead atoms. The number of hydrogen-bond donors (Lipinski definition) is 1. The van der Waals surface area contributed by atoms with Crippen LogP contribution in [0.4, 0.5) is 5.69 Å². The second kappa shape index (κ2) is 6.38. The van der Waals surface area contributed by atoms with E-state index in [9.17, 15) is 8.42 Å². The fraction of sp³-hybridized carbons (Fsp3) is 0.455. The molecule has 7 heteroatoms. The van der Waals surface area contributed by atoms with Gasteiger partial charge in [0, 0.05) is 25.2 Å². The Kier molecular flexibility index (Phi) is 5.40. The number of likely N-dealkylation sites (N-methyl/N-ethyl adjacent to an activating group) is 1. The summed E-state index contributed by atoms with van der Waals surface area (Å²) in [5.74, 6) is 0. The molecule has 0 fully saturated rings. The van der Waals surface area contributed by atoms with Crippen LogP contribution in [0.1, 0.15) is 6.92 Å². The number of nitrogen functional groups attached to an aromatic ring is 1. The van der Waals surface area contributed by atoms with Gasteiger partial charge < -0.3 is 10.5 Å². The van der Waals surface area contributed by atoms with Crippen molar-refractivity contribution < 1.29 is 13.2 Å². The Balaban J connectivity index is 3.10. The van der Waals surface area contributed by atoms with Crippen LogP contribution in [-0.4, -0.2) is 39.5 Å². The molecule has 0 amide bonds. The minimum Gasteiger partial charge on any atom is -0.398 e. The zero-order valence-electron chi connectivity index (χ0n) is 10.4. The minimum absolute atomic E-state index is 0.0739. The van der Waals surface area contributed by atoms with E-state index >= 15 is 0 Å². The first-order valence-electron chi connectivity index (χ1n) is 5.47. The average Bonchev–Trinajstić information content (AvgIpc) is 2.29. The van der Waals surface area contributed by atoms with Crippen molar-refractivity contribution >= 4 is 27.3 Å². The van der Waals surface area contributed by atoms with Gasteiger partial charge in [-0.3, -0.25) is 0 Å².